The highest BCUT2D eigenvalue weighted by molar-refractivity contribution is 14.1. The number of nitrogens with zero attached hydrogens (tertiary/aromatic N) is 1. The molecule has 2 aromatic rings. The number of halogens is 1. The van der Waals surface area contributed by atoms with Gasteiger partial charge in [0.25, 0.3) is 11.8 Å². The van der Waals surface area contributed by atoms with Crippen LogP contribution in [0.3, 0.4) is 0 Å². The van der Waals surface area contributed by atoms with Crippen LogP contribution in [0.1, 0.15) is 15.2 Å². The minimum Gasteiger partial charge on any atom is -0.343 e. The molecular formula is C14H12IN3O2S. The van der Waals surface area contributed by atoms with Crippen LogP contribution in [-0.4, -0.2) is 24.6 Å². The van der Waals surface area contributed by atoms with E-state index in [9.17, 15) is 9.59 Å². The summed E-state index contributed by atoms with van der Waals surface area (Å²) in [5.41, 5.74) is 2.91. The van der Waals surface area contributed by atoms with E-state index in [1.54, 1.807) is 18.3 Å². The average molecular weight is 413 g/mol. The van der Waals surface area contributed by atoms with Crippen LogP contribution in [0, 0.1) is 3.57 Å². The maximum absolute atomic E-state index is 11.9. The van der Waals surface area contributed by atoms with Gasteiger partial charge in [-0.3, -0.25) is 9.59 Å². The topological polar surface area (TPSA) is 70.6 Å². The molecule has 0 saturated heterocycles. The van der Waals surface area contributed by atoms with Crippen LogP contribution in [0.5, 0.6) is 0 Å². The molecule has 0 aliphatic heterocycles. The largest absolute Gasteiger partial charge is 0.343 e. The summed E-state index contributed by atoms with van der Waals surface area (Å²) in [4.78, 5) is 24.4. The summed E-state index contributed by atoms with van der Waals surface area (Å²) in [5, 5.41) is 8.29. The fraction of sp³-hybridized carbons (Fsp3) is 0.0714. The van der Waals surface area contributed by atoms with Crippen molar-refractivity contribution in [2.24, 2.45) is 5.10 Å². The van der Waals surface area contributed by atoms with Gasteiger partial charge >= 0.3 is 0 Å². The smallest absolute Gasteiger partial charge is 0.259 e. The third-order valence-corrected chi connectivity index (χ3v) is 4.20. The first-order chi connectivity index (χ1) is 10.2. The quantitative estimate of drug-likeness (QED) is 0.449. The van der Waals surface area contributed by atoms with Gasteiger partial charge in [-0.1, -0.05) is 18.2 Å². The van der Waals surface area contributed by atoms with Gasteiger partial charge in [0.2, 0.25) is 0 Å². The zero-order valence-electron chi connectivity index (χ0n) is 10.9. The van der Waals surface area contributed by atoms with E-state index < -0.39 is 0 Å². The molecule has 0 atom stereocenters. The van der Waals surface area contributed by atoms with Crippen molar-refractivity contribution in [2.45, 2.75) is 0 Å². The van der Waals surface area contributed by atoms with Gasteiger partial charge < -0.3 is 5.32 Å². The number of amides is 2. The molecule has 0 fully saturated rings. The summed E-state index contributed by atoms with van der Waals surface area (Å²) in [5.74, 6) is -0.653. The van der Waals surface area contributed by atoms with E-state index in [4.69, 9.17) is 0 Å². The lowest BCUT2D eigenvalue weighted by Gasteiger charge is -2.05. The van der Waals surface area contributed by atoms with Gasteiger partial charge in [-0.25, -0.2) is 5.43 Å². The average Bonchev–Trinajstić information content (AvgIpc) is 2.98. The highest BCUT2D eigenvalue weighted by Gasteiger charge is 2.10. The van der Waals surface area contributed by atoms with Gasteiger partial charge in [0, 0.05) is 8.45 Å². The molecule has 0 spiro atoms. The zero-order valence-corrected chi connectivity index (χ0v) is 13.8. The minimum absolute atomic E-state index is 0.119. The van der Waals surface area contributed by atoms with Gasteiger partial charge in [0.15, 0.2) is 0 Å². The molecule has 5 nitrogen and oxygen atoms in total. The van der Waals surface area contributed by atoms with Gasteiger partial charge in [-0.2, -0.15) is 5.10 Å². The van der Waals surface area contributed by atoms with E-state index in [0.29, 0.717) is 5.56 Å². The maximum atomic E-state index is 11.9. The number of carbonyl (C=O) groups is 2. The van der Waals surface area contributed by atoms with Crippen molar-refractivity contribution >= 4 is 52.0 Å². The molecule has 0 unspecified atom stereocenters. The summed E-state index contributed by atoms with van der Waals surface area (Å²) in [6, 6.07) is 11.0. The third kappa shape index (κ3) is 4.94. The number of thiophene rings is 1. The molecule has 2 N–H and O–H groups in total. The van der Waals surface area contributed by atoms with Gasteiger partial charge in [0.1, 0.15) is 0 Å². The fourth-order valence-corrected chi connectivity index (χ4v) is 2.69. The van der Waals surface area contributed by atoms with Crippen molar-refractivity contribution in [3.63, 3.8) is 0 Å². The van der Waals surface area contributed by atoms with E-state index in [1.165, 1.54) is 11.3 Å². The van der Waals surface area contributed by atoms with Crippen molar-refractivity contribution in [3.05, 3.63) is 55.8 Å². The van der Waals surface area contributed by atoms with Gasteiger partial charge in [-0.05, 0) is 46.2 Å². The normalized spacial score (nSPS) is 10.5. The summed E-state index contributed by atoms with van der Waals surface area (Å²) in [6.45, 7) is -0.119. The van der Waals surface area contributed by atoms with Gasteiger partial charge in [-0.15, -0.1) is 11.3 Å². The highest BCUT2D eigenvalue weighted by atomic mass is 127. The number of hydrogen-bond donors (Lipinski definition) is 2. The number of hydrogen-bond acceptors (Lipinski definition) is 4. The SMILES string of the molecule is O=C(CNC(=O)c1ccccc1I)NN=Cc1cccs1. The predicted octanol–water partition coefficient (Wildman–Crippen LogP) is 2.23. The van der Waals surface area contributed by atoms with Crippen LogP contribution in [0.15, 0.2) is 46.9 Å². The Balaban J connectivity index is 1.79. The Morgan fingerprint density at radius 1 is 1.24 bits per heavy atom. The van der Waals surface area contributed by atoms with E-state index in [-0.39, 0.29) is 18.4 Å². The molecule has 0 radical (unpaired) electrons. The number of benzene rings is 1. The molecule has 108 valence electrons. The van der Waals surface area contributed by atoms with E-state index in [2.05, 4.69) is 38.4 Å². The monoisotopic (exact) mass is 413 g/mol. The Hall–Kier alpha value is -1.74. The Morgan fingerprint density at radius 2 is 2.05 bits per heavy atom. The maximum Gasteiger partial charge on any atom is 0.259 e. The molecule has 0 saturated carbocycles. The molecule has 0 aliphatic carbocycles. The number of rotatable bonds is 5. The van der Waals surface area contributed by atoms with Crippen LogP contribution in [0.25, 0.3) is 0 Å². The first-order valence-corrected chi connectivity index (χ1v) is 8.01. The Morgan fingerprint density at radius 3 is 2.76 bits per heavy atom. The Bertz CT molecular complexity index is 656. The van der Waals surface area contributed by atoms with Crippen molar-refractivity contribution in [1.29, 1.82) is 0 Å². The molecule has 7 heteroatoms. The Kier molecular flexibility index (Phi) is 5.88. The van der Waals surface area contributed by atoms with Crippen LogP contribution >= 0.6 is 33.9 Å². The van der Waals surface area contributed by atoms with Crippen LogP contribution in [0.4, 0.5) is 0 Å². The summed E-state index contributed by atoms with van der Waals surface area (Å²) in [6.07, 6.45) is 1.56. The lowest BCUT2D eigenvalue weighted by atomic mass is 10.2. The molecule has 0 aliphatic rings. The lowest BCUT2D eigenvalue weighted by Crippen LogP contribution is -2.35. The van der Waals surface area contributed by atoms with Crippen LogP contribution in [-0.2, 0) is 4.79 Å². The van der Waals surface area contributed by atoms with E-state index >= 15 is 0 Å². The Labute approximate surface area is 139 Å². The standard InChI is InChI=1S/C14H12IN3O2S/c15-12-6-2-1-5-11(12)14(20)16-9-13(19)18-17-8-10-4-3-7-21-10/h1-8H,9H2,(H,16,20)(H,18,19). The summed E-state index contributed by atoms with van der Waals surface area (Å²) in [7, 11) is 0. The molecule has 1 aromatic carbocycles. The molecule has 2 amide bonds. The van der Waals surface area contributed by atoms with E-state index in [1.807, 2.05) is 29.6 Å². The number of nitrogens with one attached hydrogen (secondary N) is 2. The van der Waals surface area contributed by atoms with Crippen molar-refractivity contribution in [3.8, 4) is 0 Å². The highest BCUT2D eigenvalue weighted by Crippen LogP contribution is 2.10. The lowest BCUT2D eigenvalue weighted by molar-refractivity contribution is -0.120. The first-order valence-electron chi connectivity index (χ1n) is 6.05. The second-order valence-electron chi connectivity index (χ2n) is 3.97. The third-order valence-electron chi connectivity index (χ3n) is 2.45. The number of hydrazone groups is 1. The molecular weight excluding hydrogens is 401 g/mol. The van der Waals surface area contributed by atoms with Crippen molar-refractivity contribution < 1.29 is 9.59 Å². The second-order valence-corrected chi connectivity index (χ2v) is 6.11. The van der Waals surface area contributed by atoms with Crippen molar-refractivity contribution in [1.82, 2.24) is 10.7 Å². The molecule has 0 bridgehead atoms. The van der Waals surface area contributed by atoms with E-state index in [0.717, 1.165) is 8.45 Å². The van der Waals surface area contributed by atoms with Crippen LogP contribution < -0.4 is 10.7 Å². The molecule has 21 heavy (non-hydrogen) atoms. The fourth-order valence-electron chi connectivity index (χ4n) is 1.47. The molecule has 2 rings (SSSR count). The predicted molar refractivity (Wildman–Crippen MR) is 91.5 cm³/mol. The summed E-state index contributed by atoms with van der Waals surface area (Å²) < 4.78 is 0.837. The number of carbonyl (C=O) groups excluding carboxylic acids is 2. The van der Waals surface area contributed by atoms with Gasteiger partial charge in [0.05, 0.1) is 18.3 Å². The molecule has 1 aromatic heterocycles. The first kappa shape index (κ1) is 15.6. The minimum atomic E-state index is -0.373. The second kappa shape index (κ2) is 7.89. The summed E-state index contributed by atoms with van der Waals surface area (Å²) >= 11 is 3.60. The molecule has 1 heterocycles. The zero-order chi connectivity index (χ0) is 15.1. The van der Waals surface area contributed by atoms with Crippen molar-refractivity contribution in [2.75, 3.05) is 6.54 Å². The van der Waals surface area contributed by atoms with Crippen LogP contribution in [0.2, 0.25) is 0 Å².